The minimum atomic E-state index is -0.773. The predicted molar refractivity (Wildman–Crippen MR) is 63.7 cm³/mol. The van der Waals surface area contributed by atoms with Crippen molar-refractivity contribution in [2.45, 2.75) is 31.7 Å². The summed E-state index contributed by atoms with van der Waals surface area (Å²) in [5, 5.41) is 12.4. The van der Waals surface area contributed by atoms with Crippen LogP contribution in [0.15, 0.2) is 12.4 Å². The van der Waals surface area contributed by atoms with Gasteiger partial charge >= 0.3 is 5.97 Å². The second-order valence-corrected chi connectivity index (χ2v) is 4.91. The van der Waals surface area contributed by atoms with Gasteiger partial charge in [-0.25, -0.2) is 4.98 Å². The number of hydrogen-bond acceptors (Lipinski definition) is 3. The van der Waals surface area contributed by atoms with E-state index in [0.717, 1.165) is 25.1 Å². The van der Waals surface area contributed by atoms with Gasteiger partial charge in [0.15, 0.2) is 0 Å². The van der Waals surface area contributed by atoms with Gasteiger partial charge in [0, 0.05) is 32.4 Å². The third-order valence-corrected chi connectivity index (χ3v) is 3.60. The van der Waals surface area contributed by atoms with E-state index in [0.29, 0.717) is 6.54 Å². The van der Waals surface area contributed by atoms with Gasteiger partial charge in [-0.1, -0.05) is 0 Å². The van der Waals surface area contributed by atoms with Crippen molar-refractivity contribution in [2.75, 3.05) is 6.54 Å². The molecule has 2 rings (SSSR count). The maximum Gasteiger partial charge on any atom is 0.323 e. The molecule has 1 saturated carbocycles. The molecule has 1 aromatic heterocycles. The summed E-state index contributed by atoms with van der Waals surface area (Å²) < 4.78 is 1.96. The van der Waals surface area contributed by atoms with Crippen LogP contribution >= 0.6 is 0 Å². The zero-order chi connectivity index (χ0) is 12.5. The Balaban J connectivity index is 1.88. The Kier molecular flexibility index (Phi) is 3.19. The van der Waals surface area contributed by atoms with Crippen LogP contribution in [0.1, 0.15) is 25.6 Å². The Labute approximate surface area is 101 Å². The first-order chi connectivity index (χ1) is 8.04. The predicted octanol–water partition coefficient (Wildman–Crippen LogP) is 0.805. The van der Waals surface area contributed by atoms with E-state index >= 15 is 0 Å². The summed E-state index contributed by atoms with van der Waals surface area (Å²) in [5.74, 6) is 0.502. The fraction of sp³-hybridized carbons (Fsp3) is 0.667. The number of rotatable bonds is 6. The van der Waals surface area contributed by atoms with Crippen LogP contribution in [0.2, 0.25) is 0 Å². The third kappa shape index (κ3) is 2.49. The first-order valence-corrected chi connectivity index (χ1v) is 5.98. The van der Waals surface area contributed by atoms with E-state index in [2.05, 4.69) is 10.3 Å². The molecule has 0 aliphatic heterocycles. The van der Waals surface area contributed by atoms with Crippen LogP contribution in [0, 0.1) is 5.92 Å². The van der Waals surface area contributed by atoms with E-state index in [9.17, 15) is 9.90 Å². The minimum Gasteiger partial charge on any atom is -0.480 e. The van der Waals surface area contributed by atoms with Gasteiger partial charge in [0.25, 0.3) is 0 Å². The van der Waals surface area contributed by atoms with Crippen LogP contribution in [0.5, 0.6) is 0 Å². The summed E-state index contributed by atoms with van der Waals surface area (Å²) in [7, 11) is 1.94. The number of carbonyl (C=O) groups is 1. The lowest BCUT2D eigenvalue weighted by atomic mass is 9.96. The normalized spacial score (nSPS) is 18.9. The summed E-state index contributed by atoms with van der Waals surface area (Å²) >= 11 is 0. The van der Waals surface area contributed by atoms with Crippen molar-refractivity contribution >= 4 is 5.97 Å². The third-order valence-electron chi connectivity index (χ3n) is 3.60. The molecule has 0 bridgehead atoms. The maximum atomic E-state index is 11.3. The summed E-state index contributed by atoms with van der Waals surface area (Å²) in [4.78, 5) is 15.5. The number of nitrogens with zero attached hydrogens (tertiary/aromatic N) is 2. The quantitative estimate of drug-likeness (QED) is 0.768. The summed E-state index contributed by atoms with van der Waals surface area (Å²) in [6.45, 7) is 2.43. The van der Waals surface area contributed by atoms with Crippen molar-refractivity contribution in [1.82, 2.24) is 14.9 Å². The first kappa shape index (κ1) is 12.1. The largest absolute Gasteiger partial charge is 0.480 e. The smallest absolute Gasteiger partial charge is 0.323 e. The molecule has 0 aromatic carbocycles. The molecule has 1 atom stereocenters. The van der Waals surface area contributed by atoms with Gasteiger partial charge in [-0.05, 0) is 25.7 Å². The van der Waals surface area contributed by atoms with E-state index < -0.39 is 11.5 Å². The second kappa shape index (κ2) is 4.49. The number of aliphatic carboxylic acids is 1. The molecule has 0 saturated heterocycles. The van der Waals surface area contributed by atoms with Crippen LogP contribution < -0.4 is 5.32 Å². The molecule has 1 fully saturated rings. The Bertz CT molecular complexity index is 412. The van der Waals surface area contributed by atoms with E-state index in [1.54, 1.807) is 13.1 Å². The topological polar surface area (TPSA) is 67.2 Å². The van der Waals surface area contributed by atoms with Crippen LogP contribution in [-0.2, 0) is 18.3 Å². The molecule has 1 aliphatic carbocycles. The molecule has 1 unspecified atom stereocenters. The van der Waals surface area contributed by atoms with Gasteiger partial charge in [0.2, 0.25) is 0 Å². The highest BCUT2D eigenvalue weighted by atomic mass is 16.4. The first-order valence-electron chi connectivity index (χ1n) is 5.98. The second-order valence-electron chi connectivity index (χ2n) is 4.91. The highest BCUT2D eigenvalue weighted by molar-refractivity contribution is 5.79. The maximum absolute atomic E-state index is 11.3. The molecule has 1 aromatic rings. The van der Waals surface area contributed by atoms with Gasteiger partial charge in [-0.3, -0.25) is 4.79 Å². The van der Waals surface area contributed by atoms with Gasteiger partial charge in [0.1, 0.15) is 11.4 Å². The zero-order valence-electron chi connectivity index (χ0n) is 10.3. The highest BCUT2D eigenvalue weighted by Crippen LogP contribution is 2.39. The van der Waals surface area contributed by atoms with Crippen molar-refractivity contribution in [3.8, 4) is 0 Å². The van der Waals surface area contributed by atoms with Crippen molar-refractivity contribution < 1.29 is 9.90 Å². The number of hydrogen-bond donors (Lipinski definition) is 2. The summed E-state index contributed by atoms with van der Waals surface area (Å²) in [6, 6.07) is 0. The minimum absolute atomic E-state index is 0.279. The van der Waals surface area contributed by atoms with E-state index in [-0.39, 0.29) is 5.92 Å². The molecule has 5 nitrogen and oxygen atoms in total. The average Bonchev–Trinajstić information content (AvgIpc) is 3.05. The van der Waals surface area contributed by atoms with Crippen LogP contribution in [0.25, 0.3) is 0 Å². The molecule has 0 amide bonds. The summed E-state index contributed by atoms with van der Waals surface area (Å²) in [6.07, 6.45) is 6.43. The number of imidazole rings is 1. The Morgan fingerprint density at radius 2 is 2.41 bits per heavy atom. The van der Waals surface area contributed by atoms with Gasteiger partial charge < -0.3 is 15.0 Å². The molecule has 1 aliphatic rings. The van der Waals surface area contributed by atoms with E-state index in [1.165, 1.54) is 0 Å². The SMILES string of the molecule is Cn1ccnc1CCNC(C)(C(=O)O)C1CC1. The van der Waals surface area contributed by atoms with Crippen molar-refractivity contribution in [2.24, 2.45) is 13.0 Å². The lowest BCUT2D eigenvalue weighted by molar-refractivity contribution is -0.145. The summed E-state index contributed by atoms with van der Waals surface area (Å²) in [5.41, 5.74) is -0.773. The fourth-order valence-electron chi connectivity index (χ4n) is 2.13. The van der Waals surface area contributed by atoms with Crippen LogP contribution in [-0.4, -0.2) is 32.7 Å². The molecular formula is C12H19N3O2. The Morgan fingerprint density at radius 1 is 1.71 bits per heavy atom. The number of carboxylic acid groups (broad SMARTS) is 1. The van der Waals surface area contributed by atoms with Crippen LogP contribution in [0.4, 0.5) is 0 Å². The number of aryl methyl sites for hydroxylation is 1. The number of carboxylic acids is 1. The van der Waals surface area contributed by atoms with E-state index in [1.807, 2.05) is 17.8 Å². The Hall–Kier alpha value is -1.36. The lowest BCUT2D eigenvalue weighted by Gasteiger charge is -2.26. The lowest BCUT2D eigenvalue weighted by Crippen LogP contribution is -2.52. The fourth-order valence-corrected chi connectivity index (χ4v) is 2.13. The van der Waals surface area contributed by atoms with Gasteiger partial charge in [0.05, 0.1) is 0 Å². The number of aromatic nitrogens is 2. The van der Waals surface area contributed by atoms with Crippen molar-refractivity contribution in [3.05, 3.63) is 18.2 Å². The molecule has 1 heterocycles. The molecule has 0 radical (unpaired) electrons. The zero-order valence-corrected chi connectivity index (χ0v) is 10.3. The highest BCUT2D eigenvalue weighted by Gasteiger charge is 2.46. The van der Waals surface area contributed by atoms with Crippen LogP contribution in [0.3, 0.4) is 0 Å². The Morgan fingerprint density at radius 3 is 2.88 bits per heavy atom. The molecule has 94 valence electrons. The molecular weight excluding hydrogens is 218 g/mol. The van der Waals surface area contributed by atoms with Gasteiger partial charge in [-0.2, -0.15) is 0 Å². The number of nitrogens with one attached hydrogen (secondary N) is 1. The average molecular weight is 237 g/mol. The van der Waals surface area contributed by atoms with Gasteiger partial charge in [-0.15, -0.1) is 0 Å². The molecule has 2 N–H and O–H groups in total. The van der Waals surface area contributed by atoms with Crippen molar-refractivity contribution in [1.29, 1.82) is 0 Å². The van der Waals surface area contributed by atoms with E-state index in [4.69, 9.17) is 0 Å². The van der Waals surface area contributed by atoms with Crippen molar-refractivity contribution in [3.63, 3.8) is 0 Å². The molecule has 17 heavy (non-hydrogen) atoms. The molecule has 0 spiro atoms. The monoisotopic (exact) mass is 237 g/mol. The molecule has 5 heteroatoms. The standard InChI is InChI=1S/C12H19N3O2/c1-12(11(16)17,9-3-4-9)14-6-5-10-13-7-8-15(10)2/h7-9,14H,3-6H2,1-2H3,(H,16,17).